The molecule has 0 saturated heterocycles. The molecule has 1 aliphatic carbocycles. The van der Waals surface area contributed by atoms with E-state index in [0.29, 0.717) is 6.04 Å². The fraction of sp³-hybridized carbons (Fsp3) is 0.900. The summed E-state index contributed by atoms with van der Waals surface area (Å²) < 4.78 is 10.9. The van der Waals surface area contributed by atoms with Gasteiger partial charge in [-0.05, 0) is 5.92 Å². The van der Waals surface area contributed by atoms with Gasteiger partial charge in [-0.15, -0.1) is 6.04 Å². The van der Waals surface area contributed by atoms with E-state index in [-0.39, 0.29) is 28.5 Å². The summed E-state index contributed by atoms with van der Waals surface area (Å²) in [4.78, 5) is 0. The van der Waals surface area contributed by atoms with E-state index in [0.717, 1.165) is 11.7 Å². The van der Waals surface area contributed by atoms with Crippen LogP contribution in [0.4, 0.5) is 0 Å². The Bertz CT molecular complexity index is 173. The topological polar surface area (TPSA) is 31.2 Å². The molecule has 0 heterocycles. The standard InChI is InChI=1S/C9H18NOS2.CH3.W/c1-10-9-5-3-8(4-6-9)7-12-13(2)11;;/h8-9H,3-7H2,1-2H3;1H3;/q2*-1;+2. The molecule has 0 spiro atoms. The maximum Gasteiger partial charge on any atom is 2.00 e. The zero-order chi connectivity index (χ0) is 9.68. The molecule has 0 aromatic rings. The van der Waals surface area contributed by atoms with Crippen molar-refractivity contribution in [2.75, 3.05) is 19.1 Å². The molecule has 1 rings (SSSR count). The molecule has 2 nitrogen and oxygen atoms in total. The largest absolute Gasteiger partial charge is 2.00 e. The molecule has 0 amide bonds. The van der Waals surface area contributed by atoms with Crippen LogP contribution in [0.1, 0.15) is 25.7 Å². The van der Waals surface area contributed by atoms with Crippen LogP contribution in [0.25, 0.3) is 5.32 Å². The van der Waals surface area contributed by atoms with Crippen LogP contribution in [0.2, 0.25) is 0 Å². The van der Waals surface area contributed by atoms with Gasteiger partial charge in [-0.25, -0.2) is 4.21 Å². The molecule has 1 fully saturated rings. The normalized spacial score (nSPS) is 27.3. The molecule has 0 radical (unpaired) electrons. The Kier molecular flexibility index (Phi) is 12.7. The third-order valence-electron chi connectivity index (χ3n) is 2.65. The number of rotatable bonds is 4. The number of hydrogen-bond donors (Lipinski definition) is 0. The second-order valence-electron chi connectivity index (χ2n) is 3.62. The molecule has 0 aromatic heterocycles. The summed E-state index contributed by atoms with van der Waals surface area (Å²) in [5.41, 5.74) is 0. The fourth-order valence-corrected chi connectivity index (χ4v) is 3.63. The average Bonchev–Trinajstić information content (AvgIpc) is 2.15. The summed E-state index contributed by atoms with van der Waals surface area (Å²) in [5.74, 6) is 1.85. The number of hydrogen-bond acceptors (Lipinski definition) is 2. The van der Waals surface area contributed by atoms with Gasteiger partial charge in [0.05, 0.1) is 9.83 Å². The summed E-state index contributed by atoms with van der Waals surface area (Å²) in [6, 6.07) is 0.605. The van der Waals surface area contributed by atoms with Crippen LogP contribution >= 0.6 is 10.8 Å². The quantitative estimate of drug-likeness (QED) is 0.518. The van der Waals surface area contributed by atoms with E-state index in [1.165, 1.54) is 25.7 Å². The molecule has 0 aromatic carbocycles. The molecular formula is C10H21NOS2W. The van der Waals surface area contributed by atoms with Crippen LogP contribution in [0, 0.1) is 13.3 Å². The van der Waals surface area contributed by atoms with E-state index in [1.807, 2.05) is 7.05 Å². The Labute approximate surface area is 115 Å². The average molecular weight is 419 g/mol. The molecule has 1 aliphatic rings. The molecule has 1 atom stereocenters. The second-order valence-corrected chi connectivity index (χ2v) is 7.11. The molecule has 0 aliphatic heterocycles. The van der Waals surface area contributed by atoms with Gasteiger partial charge in [0.2, 0.25) is 0 Å². The molecule has 15 heavy (non-hydrogen) atoms. The molecule has 5 heteroatoms. The first kappa shape index (κ1) is 18.5. The molecule has 0 bridgehead atoms. The Morgan fingerprint density at radius 3 is 2.27 bits per heavy atom. The van der Waals surface area contributed by atoms with Gasteiger partial charge in [0, 0.05) is 12.0 Å². The van der Waals surface area contributed by atoms with E-state index in [1.54, 1.807) is 17.0 Å². The first-order chi connectivity index (χ1) is 6.22. The molecule has 0 N–H and O–H groups in total. The molecule has 90 valence electrons. The Morgan fingerprint density at radius 1 is 1.33 bits per heavy atom. The fourth-order valence-electron chi connectivity index (χ4n) is 1.76. The summed E-state index contributed by atoms with van der Waals surface area (Å²) in [7, 11) is 2.82. The van der Waals surface area contributed by atoms with Crippen LogP contribution in [0.15, 0.2) is 0 Å². The van der Waals surface area contributed by atoms with Crippen molar-refractivity contribution < 1.29 is 25.3 Å². The van der Waals surface area contributed by atoms with Crippen LogP contribution in [-0.4, -0.2) is 29.3 Å². The zero-order valence-corrected chi connectivity index (χ0v) is 14.3. The van der Waals surface area contributed by atoms with Gasteiger partial charge in [0.15, 0.2) is 0 Å². The maximum absolute atomic E-state index is 10.9. The van der Waals surface area contributed by atoms with E-state index in [2.05, 4.69) is 5.32 Å². The SMILES string of the molecule is C[N-]C1CCC(CSS(C)=O)CC1.[CH3-].[W+2]. The van der Waals surface area contributed by atoms with Gasteiger partial charge in [-0.2, -0.15) is 7.05 Å². The first-order valence-corrected chi connectivity index (χ1v) is 7.84. The van der Waals surface area contributed by atoms with Crippen molar-refractivity contribution >= 4 is 20.6 Å². The molecule has 1 unspecified atom stereocenters. The molecule has 1 saturated carbocycles. The van der Waals surface area contributed by atoms with Crippen LogP contribution in [-0.2, 0) is 30.9 Å². The Hall–Kier alpha value is 1.15. The van der Waals surface area contributed by atoms with E-state index < -0.39 is 9.83 Å². The van der Waals surface area contributed by atoms with Gasteiger partial charge < -0.3 is 12.7 Å². The van der Waals surface area contributed by atoms with Gasteiger partial charge >= 0.3 is 21.1 Å². The molecular weight excluding hydrogens is 398 g/mol. The summed E-state index contributed by atoms with van der Waals surface area (Å²) >= 11 is 0. The summed E-state index contributed by atoms with van der Waals surface area (Å²) in [6.07, 6.45) is 6.77. The minimum Gasteiger partial charge on any atom is -0.662 e. The van der Waals surface area contributed by atoms with Crippen molar-refractivity contribution in [3.63, 3.8) is 0 Å². The Morgan fingerprint density at radius 2 is 1.87 bits per heavy atom. The number of nitrogens with zero attached hydrogens (tertiary/aromatic N) is 1. The van der Waals surface area contributed by atoms with Crippen molar-refractivity contribution in [2.24, 2.45) is 5.92 Å². The summed E-state index contributed by atoms with van der Waals surface area (Å²) in [6.45, 7) is 0. The minimum absolute atomic E-state index is 0. The monoisotopic (exact) mass is 419 g/mol. The van der Waals surface area contributed by atoms with Gasteiger partial charge in [0.1, 0.15) is 0 Å². The zero-order valence-electron chi connectivity index (χ0n) is 9.77. The van der Waals surface area contributed by atoms with Crippen molar-refractivity contribution in [1.82, 2.24) is 0 Å². The van der Waals surface area contributed by atoms with Gasteiger partial charge in [0.25, 0.3) is 0 Å². The van der Waals surface area contributed by atoms with E-state index >= 15 is 0 Å². The van der Waals surface area contributed by atoms with Crippen molar-refractivity contribution in [2.45, 2.75) is 31.7 Å². The first-order valence-electron chi connectivity index (χ1n) is 4.78. The van der Waals surface area contributed by atoms with Gasteiger partial charge in [-0.3, -0.25) is 0 Å². The third-order valence-corrected chi connectivity index (χ3v) is 4.99. The van der Waals surface area contributed by atoms with Crippen LogP contribution in [0.5, 0.6) is 0 Å². The van der Waals surface area contributed by atoms with Crippen LogP contribution < -0.4 is 0 Å². The smallest absolute Gasteiger partial charge is 0.662 e. The van der Waals surface area contributed by atoms with Crippen LogP contribution in [0.3, 0.4) is 0 Å². The van der Waals surface area contributed by atoms with Crippen molar-refractivity contribution in [3.8, 4) is 0 Å². The van der Waals surface area contributed by atoms with Crippen molar-refractivity contribution in [3.05, 3.63) is 12.7 Å². The van der Waals surface area contributed by atoms with E-state index in [9.17, 15) is 4.21 Å². The van der Waals surface area contributed by atoms with Crippen molar-refractivity contribution in [1.29, 1.82) is 0 Å². The minimum atomic E-state index is -0.685. The maximum atomic E-state index is 10.9. The van der Waals surface area contributed by atoms with Gasteiger partial charge in [-0.1, -0.05) is 36.5 Å². The predicted octanol–water partition coefficient (Wildman–Crippen LogP) is 3.02. The third kappa shape index (κ3) is 7.95. The Balaban J connectivity index is 0. The summed E-state index contributed by atoms with van der Waals surface area (Å²) in [5, 5.41) is 4.31. The predicted molar refractivity (Wildman–Crippen MR) is 68.0 cm³/mol. The van der Waals surface area contributed by atoms with E-state index in [4.69, 9.17) is 0 Å². The second kappa shape index (κ2) is 10.3.